The van der Waals surface area contributed by atoms with Crippen LogP contribution in [0.3, 0.4) is 0 Å². The molecule has 0 aromatic carbocycles. The number of hydrogen-bond acceptors (Lipinski definition) is 1. The summed E-state index contributed by atoms with van der Waals surface area (Å²) in [6.45, 7) is 2.00. The van der Waals surface area contributed by atoms with Crippen LogP contribution >= 0.6 is 0 Å². The summed E-state index contributed by atoms with van der Waals surface area (Å²) in [5.41, 5.74) is 0. The molecule has 1 rings (SSSR count). The third kappa shape index (κ3) is 3.27. The Labute approximate surface area is 59.3 Å². The first-order valence-electron chi connectivity index (χ1n) is 2.58. The molecular formula is C5H10OTi. The summed E-state index contributed by atoms with van der Waals surface area (Å²) in [6.07, 6.45) is 3.93. The van der Waals surface area contributed by atoms with Crippen molar-refractivity contribution in [2.24, 2.45) is 0 Å². The fourth-order valence-electron chi connectivity index (χ4n) is 0.687. The molecule has 0 N–H and O–H groups in total. The molecule has 0 atom stereocenters. The minimum absolute atomic E-state index is 0. The van der Waals surface area contributed by atoms with E-state index in [1.54, 1.807) is 0 Å². The van der Waals surface area contributed by atoms with Crippen LogP contribution in [-0.2, 0) is 26.5 Å². The molecule has 1 fully saturated rings. The Morgan fingerprint density at radius 2 is 1.43 bits per heavy atom. The van der Waals surface area contributed by atoms with Crippen LogP contribution in [0, 0.1) is 0 Å². The van der Waals surface area contributed by atoms with E-state index in [0.717, 1.165) is 13.2 Å². The molecule has 0 spiro atoms. The van der Waals surface area contributed by atoms with Crippen LogP contribution < -0.4 is 0 Å². The van der Waals surface area contributed by atoms with Crippen LogP contribution in [0.4, 0.5) is 0 Å². The average Bonchev–Trinajstić information content (AvgIpc) is 1.72. The van der Waals surface area contributed by atoms with Crippen LogP contribution in [0.25, 0.3) is 0 Å². The van der Waals surface area contributed by atoms with E-state index >= 15 is 0 Å². The maximum atomic E-state index is 5.07. The second-order valence-corrected chi connectivity index (χ2v) is 1.67. The maximum absolute atomic E-state index is 5.07. The van der Waals surface area contributed by atoms with Gasteiger partial charge in [-0.2, -0.15) is 0 Å². The monoisotopic (exact) mass is 134 g/mol. The van der Waals surface area contributed by atoms with Crippen molar-refractivity contribution in [1.82, 2.24) is 0 Å². The van der Waals surface area contributed by atoms with Gasteiger partial charge in [0.05, 0.1) is 0 Å². The van der Waals surface area contributed by atoms with Crippen molar-refractivity contribution in [2.45, 2.75) is 19.3 Å². The Bertz CT molecular complexity index is 23.6. The Kier molecular flexibility index (Phi) is 5.29. The van der Waals surface area contributed by atoms with Gasteiger partial charge in [0.1, 0.15) is 0 Å². The second kappa shape index (κ2) is 4.82. The van der Waals surface area contributed by atoms with Crippen LogP contribution in [-0.4, -0.2) is 13.2 Å². The molecule has 1 aliphatic heterocycles. The van der Waals surface area contributed by atoms with E-state index in [1.807, 2.05) is 0 Å². The van der Waals surface area contributed by atoms with Gasteiger partial charge in [0.2, 0.25) is 0 Å². The molecule has 1 nitrogen and oxygen atoms in total. The smallest absolute Gasteiger partial charge is 0.0466 e. The van der Waals surface area contributed by atoms with Crippen LogP contribution in [0.1, 0.15) is 19.3 Å². The summed E-state index contributed by atoms with van der Waals surface area (Å²) in [5.74, 6) is 0. The summed E-state index contributed by atoms with van der Waals surface area (Å²) in [4.78, 5) is 0. The van der Waals surface area contributed by atoms with Gasteiger partial charge < -0.3 is 4.74 Å². The maximum Gasteiger partial charge on any atom is 0.0466 e. The molecule has 0 radical (unpaired) electrons. The predicted octanol–water partition coefficient (Wildman–Crippen LogP) is 1.18. The van der Waals surface area contributed by atoms with Gasteiger partial charge in [-0.1, -0.05) is 0 Å². The van der Waals surface area contributed by atoms with Gasteiger partial charge >= 0.3 is 0 Å². The molecule has 0 amide bonds. The quantitative estimate of drug-likeness (QED) is 0.452. The number of ether oxygens (including phenoxy) is 1. The summed E-state index contributed by atoms with van der Waals surface area (Å²) >= 11 is 0. The second-order valence-electron chi connectivity index (χ2n) is 1.67. The molecule has 1 saturated heterocycles. The summed E-state index contributed by atoms with van der Waals surface area (Å²) in [5, 5.41) is 0. The van der Waals surface area contributed by atoms with Crippen molar-refractivity contribution in [1.29, 1.82) is 0 Å². The molecule has 7 heavy (non-hydrogen) atoms. The first kappa shape index (κ1) is 7.67. The van der Waals surface area contributed by atoms with Gasteiger partial charge in [0.15, 0.2) is 0 Å². The van der Waals surface area contributed by atoms with Crippen molar-refractivity contribution in [3.05, 3.63) is 0 Å². The van der Waals surface area contributed by atoms with Crippen molar-refractivity contribution in [2.75, 3.05) is 13.2 Å². The fraction of sp³-hybridized carbons (Fsp3) is 1.00. The third-order valence-electron chi connectivity index (χ3n) is 1.08. The van der Waals surface area contributed by atoms with E-state index < -0.39 is 0 Å². The molecule has 0 saturated carbocycles. The molecule has 2 heteroatoms. The van der Waals surface area contributed by atoms with Crippen molar-refractivity contribution >= 4 is 0 Å². The molecule has 1 heterocycles. The Morgan fingerprint density at radius 1 is 0.857 bits per heavy atom. The van der Waals surface area contributed by atoms with Crippen LogP contribution in [0.5, 0.6) is 0 Å². The predicted molar refractivity (Wildman–Crippen MR) is 24.7 cm³/mol. The van der Waals surface area contributed by atoms with Crippen molar-refractivity contribution in [3.63, 3.8) is 0 Å². The molecule has 0 unspecified atom stereocenters. The number of rotatable bonds is 0. The summed E-state index contributed by atoms with van der Waals surface area (Å²) in [6, 6.07) is 0. The summed E-state index contributed by atoms with van der Waals surface area (Å²) in [7, 11) is 0. The van der Waals surface area contributed by atoms with E-state index in [1.165, 1.54) is 19.3 Å². The van der Waals surface area contributed by atoms with Crippen molar-refractivity contribution < 1.29 is 26.5 Å². The van der Waals surface area contributed by atoms with Crippen molar-refractivity contribution in [3.8, 4) is 0 Å². The van der Waals surface area contributed by atoms with E-state index in [-0.39, 0.29) is 21.7 Å². The molecule has 0 aromatic heterocycles. The van der Waals surface area contributed by atoms with Crippen LogP contribution in [0.15, 0.2) is 0 Å². The van der Waals surface area contributed by atoms with Gasteiger partial charge in [0.25, 0.3) is 0 Å². The van der Waals surface area contributed by atoms with Gasteiger partial charge in [-0.3, -0.25) is 0 Å². The zero-order valence-corrected chi connectivity index (χ0v) is 6.01. The normalized spacial score (nSPS) is 20.6. The standard InChI is InChI=1S/C5H10O.Ti/c1-2-4-6-5-3-1;/h1-5H2;. The molecule has 0 aromatic rings. The van der Waals surface area contributed by atoms with Gasteiger partial charge in [0, 0.05) is 34.9 Å². The van der Waals surface area contributed by atoms with Gasteiger partial charge in [-0.25, -0.2) is 0 Å². The van der Waals surface area contributed by atoms with Gasteiger partial charge in [-0.05, 0) is 19.3 Å². The van der Waals surface area contributed by atoms with Crippen LogP contribution in [0.2, 0.25) is 0 Å². The topological polar surface area (TPSA) is 9.23 Å². The zero-order valence-electron chi connectivity index (χ0n) is 4.44. The molecule has 1 aliphatic rings. The fourth-order valence-corrected chi connectivity index (χ4v) is 0.687. The third-order valence-corrected chi connectivity index (χ3v) is 1.08. The Balaban J connectivity index is 0.000000360. The molecule has 0 bridgehead atoms. The Morgan fingerprint density at radius 3 is 1.57 bits per heavy atom. The largest absolute Gasteiger partial charge is 0.381 e. The number of hydrogen-bond donors (Lipinski definition) is 0. The molecule has 40 valence electrons. The SMILES string of the molecule is C1CCOCC1.[Ti]. The van der Waals surface area contributed by atoms with E-state index in [9.17, 15) is 0 Å². The minimum Gasteiger partial charge on any atom is -0.381 e. The molecule has 0 aliphatic carbocycles. The zero-order chi connectivity index (χ0) is 4.24. The average molecular weight is 134 g/mol. The minimum atomic E-state index is 0. The first-order chi connectivity index (χ1) is 3.00. The van der Waals surface area contributed by atoms with E-state index in [0.29, 0.717) is 0 Å². The molecular weight excluding hydrogens is 124 g/mol. The first-order valence-corrected chi connectivity index (χ1v) is 2.58. The van der Waals surface area contributed by atoms with E-state index in [4.69, 9.17) is 4.74 Å². The van der Waals surface area contributed by atoms with Gasteiger partial charge in [-0.15, -0.1) is 0 Å². The Hall–Kier alpha value is 0.674. The summed E-state index contributed by atoms with van der Waals surface area (Å²) < 4.78 is 5.07. The van der Waals surface area contributed by atoms with E-state index in [2.05, 4.69) is 0 Å².